The van der Waals surface area contributed by atoms with E-state index in [0.717, 1.165) is 57.6 Å². The second kappa shape index (κ2) is 13.2. The van der Waals surface area contributed by atoms with Crippen LogP contribution in [0.25, 0.3) is 0 Å². The van der Waals surface area contributed by atoms with E-state index >= 15 is 0 Å². The van der Waals surface area contributed by atoms with Crippen LogP contribution in [0.15, 0.2) is 29.3 Å². The quantitative estimate of drug-likeness (QED) is 0.343. The molecule has 1 heterocycles. The minimum absolute atomic E-state index is 0. The molecule has 1 fully saturated rings. The molecule has 1 aliphatic heterocycles. The van der Waals surface area contributed by atoms with Gasteiger partial charge in [-0.15, -0.1) is 24.0 Å². The van der Waals surface area contributed by atoms with Crippen LogP contribution in [0.1, 0.15) is 19.4 Å². The predicted octanol–water partition coefficient (Wildman–Crippen LogP) is 2.27. The molecule has 148 valence electrons. The van der Waals surface area contributed by atoms with Crippen LogP contribution in [-0.4, -0.2) is 69.4 Å². The van der Waals surface area contributed by atoms with E-state index < -0.39 is 0 Å². The molecular weight excluding hydrogens is 443 g/mol. The van der Waals surface area contributed by atoms with Crippen LogP contribution in [0.3, 0.4) is 0 Å². The van der Waals surface area contributed by atoms with Crippen molar-refractivity contribution in [1.82, 2.24) is 15.5 Å². The monoisotopic (exact) mass is 476 g/mol. The van der Waals surface area contributed by atoms with Gasteiger partial charge in [-0.25, -0.2) is 4.99 Å². The van der Waals surface area contributed by atoms with Crippen LogP contribution >= 0.6 is 24.0 Å². The number of ether oxygens (including phenoxy) is 2. The molecule has 2 N–H and O–H groups in total. The summed E-state index contributed by atoms with van der Waals surface area (Å²) >= 11 is 0. The van der Waals surface area contributed by atoms with Crippen molar-refractivity contribution in [3.8, 4) is 5.75 Å². The molecule has 1 aromatic carbocycles. The van der Waals surface area contributed by atoms with Gasteiger partial charge in [0.25, 0.3) is 0 Å². The topological polar surface area (TPSA) is 58.1 Å². The number of morpholine rings is 1. The summed E-state index contributed by atoms with van der Waals surface area (Å²) in [7, 11) is 0. The van der Waals surface area contributed by atoms with E-state index in [1.807, 2.05) is 19.1 Å². The number of nitrogens with one attached hydrogen (secondary N) is 2. The van der Waals surface area contributed by atoms with Crippen LogP contribution in [0.2, 0.25) is 0 Å². The Morgan fingerprint density at radius 1 is 1.23 bits per heavy atom. The summed E-state index contributed by atoms with van der Waals surface area (Å²) < 4.78 is 11.3. The zero-order valence-corrected chi connectivity index (χ0v) is 18.5. The molecule has 1 aromatic rings. The summed E-state index contributed by atoms with van der Waals surface area (Å²) in [5.41, 5.74) is 1.23. The Morgan fingerprint density at radius 2 is 1.92 bits per heavy atom. The van der Waals surface area contributed by atoms with Gasteiger partial charge in [-0.05, 0) is 32.9 Å². The lowest BCUT2D eigenvalue weighted by Gasteiger charge is -2.26. The lowest BCUT2D eigenvalue weighted by atomic mass is 10.2. The maximum Gasteiger partial charge on any atom is 0.191 e. The molecule has 6 nitrogen and oxygen atoms in total. The van der Waals surface area contributed by atoms with Crippen molar-refractivity contribution in [3.05, 3.63) is 29.8 Å². The highest BCUT2D eigenvalue weighted by atomic mass is 127. The molecule has 1 saturated heterocycles. The molecule has 1 atom stereocenters. The lowest BCUT2D eigenvalue weighted by molar-refractivity contribution is 0.0389. The van der Waals surface area contributed by atoms with E-state index in [-0.39, 0.29) is 30.1 Å². The Kier molecular flexibility index (Phi) is 11.6. The summed E-state index contributed by atoms with van der Waals surface area (Å²) in [6.07, 6.45) is 0.0254. The molecule has 0 amide bonds. The first-order chi connectivity index (χ1) is 12.2. The van der Waals surface area contributed by atoms with Gasteiger partial charge in [-0.2, -0.15) is 0 Å². The number of aliphatic imine (C=N–C) groups is 1. The molecule has 0 aliphatic carbocycles. The smallest absolute Gasteiger partial charge is 0.191 e. The van der Waals surface area contributed by atoms with Crippen LogP contribution in [0, 0.1) is 6.92 Å². The molecule has 0 saturated carbocycles. The second-order valence-electron chi connectivity index (χ2n) is 6.34. The van der Waals surface area contributed by atoms with Gasteiger partial charge in [0.15, 0.2) is 5.96 Å². The van der Waals surface area contributed by atoms with Gasteiger partial charge in [-0.3, -0.25) is 4.90 Å². The highest BCUT2D eigenvalue weighted by molar-refractivity contribution is 14.0. The summed E-state index contributed by atoms with van der Waals surface area (Å²) in [4.78, 5) is 7.04. The third kappa shape index (κ3) is 9.05. The third-order valence-corrected chi connectivity index (χ3v) is 4.03. The van der Waals surface area contributed by atoms with Crippen LogP contribution in [0.4, 0.5) is 0 Å². The number of guanidine groups is 1. The average molecular weight is 476 g/mol. The minimum Gasteiger partial charge on any atom is -0.489 e. The van der Waals surface area contributed by atoms with Crippen LogP contribution < -0.4 is 15.4 Å². The number of benzene rings is 1. The third-order valence-electron chi connectivity index (χ3n) is 4.03. The molecule has 0 aromatic heterocycles. The zero-order valence-electron chi connectivity index (χ0n) is 16.2. The van der Waals surface area contributed by atoms with Crippen molar-refractivity contribution in [2.45, 2.75) is 26.9 Å². The van der Waals surface area contributed by atoms with E-state index in [1.165, 1.54) is 5.56 Å². The van der Waals surface area contributed by atoms with E-state index in [2.05, 4.69) is 46.5 Å². The second-order valence-corrected chi connectivity index (χ2v) is 6.34. The fourth-order valence-corrected chi connectivity index (χ4v) is 2.61. The van der Waals surface area contributed by atoms with Crippen molar-refractivity contribution in [2.75, 3.05) is 52.5 Å². The van der Waals surface area contributed by atoms with Gasteiger partial charge in [0.2, 0.25) is 0 Å². The van der Waals surface area contributed by atoms with Gasteiger partial charge >= 0.3 is 0 Å². The highest BCUT2D eigenvalue weighted by Gasteiger charge is 2.10. The Labute approximate surface area is 174 Å². The molecular formula is C19H33IN4O2. The fourth-order valence-electron chi connectivity index (χ4n) is 2.61. The number of aryl methyl sites for hydroxylation is 1. The predicted molar refractivity (Wildman–Crippen MR) is 118 cm³/mol. The molecule has 1 aliphatic rings. The Bertz CT molecular complexity index is 519. The van der Waals surface area contributed by atoms with Gasteiger partial charge in [0, 0.05) is 32.7 Å². The molecule has 7 heteroatoms. The molecule has 0 bridgehead atoms. The fraction of sp³-hybridized carbons (Fsp3) is 0.632. The number of hydrogen-bond donors (Lipinski definition) is 2. The summed E-state index contributed by atoms with van der Waals surface area (Å²) in [5, 5.41) is 6.68. The molecule has 0 radical (unpaired) electrons. The number of nitrogens with zero attached hydrogens (tertiary/aromatic N) is 2. The Morgan fingerprint density at radius 3 is 2.58 bits per heavy atom. The number of halogens is 1. The van der Waals surface area contributed by atoms with Gasteiger partial charge < -0.3 is 20.1 Å². The van der Waals surface area contributed by atoms with E-state index in [4.69, 9.17) is 9.47 Å². The molecule has 26 heavy (non-hydrogen) atoms. The SMILES string of the molecule is CCNC(=NCC(C)Oc1ccc(C)cc1)NCCN1CCOCC1.I. The summed E-state index contributed by atoms with van der Waals surface area (Å²) in [6.45, 7) is 13.2. The first-order valence-electron chi connectivity index (χ1n) is 9.23. The van der Waals surface area contributed by atoms with Crippen molar-refractivity contribution in [2.24, 2.45) is 4.99 Å². The van der Waals surface area contributed by atoms with E-state index in [1.54, 1.807) is 0 Å². The summed E-state index contributed by atoms with van der Waals surface area (Å²) in [6, 6.07) is 8.12. The van der Waals surface area contributed by atoms with Crippen molar-refractivity contribution >= 4 is 29.9 Å². The normalized spacial score (nSPS) is 16.5. The van der Waals surface area contributed by atoms with E-state index in [9.17, 15) is 0 Å². The van der Waals surface area contributed by atoms with Crippen molar-refractivity contribution in [1.29, 1.82) is 0 Å². The van der Waals surface area contributed by atoms with Gasteiger partial charge in [0.05, 0.1) is 19.8 Å². The first kappa shape index (κ1) is 23.0. The van der Waals surface area contributed by atoms with E-state index in [0.29, 0.717) is 6.54 Å². The largest absolute Gasteiger partial charge is 0.489 e. The number of hydrogen-bond acceptors (Lipinski definition) is 4. The van der Waals surface area contributed by atoms with Crippen LogP contribution in [0.5, 0.6) is 5.75 Å². The van der Waals surface area contributed by atoms with Crippen molar-refractivity contribution in [3.63, 3.8) is 0 Å². The van der Waals surface area contributed by atoms with Gasteiger partial charge in [0.1, 0.15) is 11.9 Å². The molecule has 0 spiro atoms. The number of rotatable bonds is 8. The van der Waals surface area contributed by atoms with Crippen LogP contribution in [-0.2, 0) is 4.74 Å². The first-order valence-corrected chi connectivity index (χ1v) is 9.23. The summed E-state index contributed by atoms with van der Waals surface area (Å²) in [5.74, 6) is 1.73. The molecule has 2 rings (SSSR count). The maximum absolute atomic E-state index is 5.91. The zero-order chi connectivity index (χ0) is 17.9. The Balaban J connectivity index is 0.00000338. The van der Waals surface area contributed by atoms with Crippen molar-refractivity contribution < 1.29 is 9.47 Å². The molecule has 1 unspecified atom stereocenters. The maximum atomic E-state index is 5.91. The minimum atomic E-state index is 0. The average Bonchev–Trinajstić information content (AvgIpc) is 2.62. The standard InChI is InChI=1S/C19H32N4O2.HI/c1-4-20-19(21-9-10-23-11-13-24-14-12-23)22-15-17(3)25-18-7-5-16(2)6-8-18;/h5-8,17H,4,9-15H2,1-3H3,(H2,20,21,22);1H. The lowest BCUT2D eigenvalue weighted by Crippen LogP contribution is -2.44. The van der Waals surface area contributed by atoms with Gasteiger partial charge in [-0.1, -0.05) is 17.7 Å². The highest BCUT2D eigenvalue weighted by Crippen LogP contribution is 2.13. The Hall–Kier alpha value is -1.06.